The van der Waals surface area contributed by atoms with Crippen molar-refractivity contribution in [2.24, 2.45) is 0 Å². The third-order valence-corrected chi connectivity index (χ3v) is 3.95. The molecular formula is C13H13N3OS. The first-order chi connectivity index (χ1) is 8.70. The predicted octanol–water partition coefficient (Wildman–Crippen LogP) is 2.43. The smallest absolute Gasteiger partial charge is 0.211 e. The summed E-state index contributed by atoms with van der Waals surface area (Å²) >= 11 is 1.68. The van der Waals surface area contributed by atoms with Gasteiger partial charge >= 0.3 is 0 Å². The Morgan fingerprint density at radius 3 is 3.06 bits per heavy atom. The van der Waals surface area contributed by atoms with Gasteiger partial charge in [0.05, 0.1) is 11.3 Å². The minimum atomic E-state index is 0.294. The Bertz CT molecular complexity index is 645. The summed E-state index contributed by atoms with van der Waals surface area (Å²) in [5, 5.41) is 12.1. The number of benzene rings is 1. The highest BCUT2D eigenvalue weighted by molar-refractivity contribution is 7.98. The fraction of sp³-hybridized carbons (Fsp3) is 0.231. The van der Waals surface area contributed by atoms with E-state index in [0.29, 0.717) is 6.54 Å². The van der Waals surface area contributed by atoms with Gasteiger partial charge in [0.15, 0.2) is 11.5 Å². The molecule has 0 saturated heterocycles. The fourth-order valence-corrected chi connectivity index (χ4v) is 2.63. The van der Waals surface area contributed by atoms with E-state index in [0.717, 1.165) is 32.4 Å². The van der Waals surface area contributed by atoms with Crippen LogP contribution in [0.2, 0.25) is 0 Å². The van der Waals surface area contributed by atoms with Crippen LogP contribution in [0.1, 0.15) is 18.3 Å². The molecule has 0 saturated carbocycles. The molecule has 0 aliphatic carbocycles. The van der Waals surface area contributed by atoms with Gasteiger partial charge in [0.2, 0.25) is 6.54 Å². The van der Waals surface area contributed by atoms with Crippen molar-refractivity contribution in [2.45, 2.75) is 18.4 Å². The molecule has 0 radical (unpaired) electrons. The standard InChI is InChI=1S/C13H13N3OS/c1-9-11-7-10(18-2)3-4-12(11)15-6-5-14-13(15)8-16(9)17/h3-7H,8H2,1-2H3. The summed E-state index contributed by atoms with van der Waals surface area (Å²) in [4.78, 5) is 5.40. The fourth-order valence-electron chi connectivity index (χ4n) is 2.19. The van der Waals surface area contributed by atoms with Gasteiger partial charge in [-0.2, -0.15) is 0 Å². The number of hydrogen-bond acceptors (Lipinski definition) is 3. The summed E-state index contributed by atoms with van der Waals surface area (Å²) < 4.78 is 3.00. The van der Waals surface area contributed by atoms with Gasteiger partial charge in [-0.25, -0.2) is 9.72 Å². The van der Waals surface area contributed by atoms with E-state index >= 15 is 0 Å². The second-order valence-corrected chi connectivity index (χ2v) is 5.10. The Labute approximate surface area is 110 Å². The van der Waals surface area contributed by atoms with E-state index in [1.807, 2.05) is 23.9 Å². The lowest BCUT2D eigenvalue weighted by atomic mass is 10.1. The molecule has 1 aliphatic rings. The van der Waals surface area contributed by atoms with Crippen molar-refractivity contribution >= 4 is 17.5 Å². The third-order valence-electron chi connectivity index (χ3n) is 3.23. The Hall–Kier alpha value is -1.75. The highest BCUT2D eigenvalue weighted by atomic mass is 32.2. The molecule has 1 aromatic heterocycles. The van der Waals surface area contributed by atoms with Crippen LogP contribution in [0.25, 0.3) is 5.69 Å². The number of aromatic nitrogens is 2. The van der Waals surface area contributed by atoms with Gasteiger partial charge in [-0.1, -0.05) is 0 Å². The van der Waals surface area contributed by atoms with Crippen molar-refractivity contribution in [3.05, 3.63) is 47.2 Å². The first-order valence-electron chi connectivity index (χ1n) is 5.70. The first-order valence-corrected chi connectivity index (χ1v) is 6.92. The Morgan fingerprint density at radius 2 is 2.28 bits per heavy atom. The van der Waals surface area contributed by atoms with Crippen LogP contribution in [0.4, 0.5) is 0 Å². The Kier molecular flexibility index (Phi) is 2.63. The van der Waals surface area contributed by atoms with Gasteiger partial charge < -0.3 is 5.21 Å². The van der Waals surface area contributed by atoms with Crippen molar-refractivity contribution in [2.75, 3.05) is 6.26 Å². The molecule has 0 N–H and O–H groups in total. The molecule has 18 heavy (non-hydrogen) atoms. The number of fused-ring (bicyclic) bond motifs is 3. The van der Waals surface area contributed by atoms with Crippen LogP contribution in [0.15, 0.2) is 35.5 Å². The lowest BCUT2D eigenvalue weighted by Gasteiger charge is -2.09. The molecule has 0 spiro atoms. The number of thioether (sulfide) groups is 1. The summed E-state index contributed by atoms with van der Waals surface area (Å²) in [5.74, 6) is 0.778. The lowest BCUT2D eigenvalue weighted by molar-refractivity contribution is -0.476. The minimum absolute atomic E-state index is 0.294. The van der Waals surface area contributed by atoms with Gasteiger partial charge in [0.25, 0.3) is 0 Å². The highest BCUT2D eigenvalue weighted by Gasteiger charge is 2.22. The first kappa shape index (κ1) is 11.3. The van der Waals surface area contributed by atoms with Crippen molar-refractivity contribution in [3.8, 4) is 5.69 Å². The predicted molar refractivity (Wildman–Crippen MR) is 72.5 cm³/mol. The molecule has 0 unspecified atom stereocenters. The van der Waals surface area contributed by atoms with Gasteiger partial charge in [0, 0.05) is 24.2 Å². The van der Waals surface area contributed by atoms with Crippen LogP contribution in [-0.2, 0) is 6.54 Å². The van der Waals surface area contributed by atoms with Crippen LogP contribution in [0.5, 0.6) is 0 Å². The van der Waals surface area contributed by atoms with Crippen LogP contribution in [0, 0.1) is 5.21 Å². The number of rotatable bonds is 1. The van der Waals surface area contributed by atoms with E-state index in [-0.39, 0.29) is 0 Å². The maximum atomic E-state index is 12.1. The van der Waals surface area contributed by atoms with E-state index in [1.165, 1.54) is 0 Å². The maximum Gasteiger partial charge on any atom is 0.211 e. The molecule has 0 atom stereocenters. The Balaban J connectivity index is 2.32. The van der Waals surface area contributed by atoms with E-state index in [9.17, 15) is 5.21 Å². The zero-order valence-corrected chi connectivity index (χ0v) is 11.1. The summed E-state index contributed by atoms with van der Waals surface area (Å²) in [7, 11) is 0. The zero-order chi connectivity index (χ0) is 12.7. The molecule has 2 aromatic rings. The minimum Gasteiger partial charge on any atom is -0.623 e. The number of imidazole rings is 1. The van der Waals surface area contributed by atoms with Crippen molar-refractivity contribution < 1.29 is 4.74 Å². The van der Waals surface area contributed by atoms with Crippen molar-refractivity contribution in [1.29, 1.82) is 0 Å². The summed E-state index contributed by atoms with van der Waals surface area (Å²) in [6.07, 6.45) is 5.67. The SMILES string of the molecule is CSc1ccc2c(c1)C(C)=[N+]([O-])Cc1nccn1-2. The Morgan fingerprint density at radius 1 is 1.44 bits per heavy atom. The van der Waals surface area contributed by atoms with Gasteiger partial charge in [-0.15, -0.1) is 11.8 Å². The third kappa shape index (κ3) is 1.62. The normalized spacial score (nSPS) is 14.1. The summed E-state index contributed by atoms with van der Waals surface area (Å²) in [6.45, 7) is 2.16. The molecule has 0 amide bonds. The maximum absolute atomic E-state index is 12.1. The second-order valence-electron chi connectivity index (χ2n) is 4.22. The van der Waals surface area contributed by atoms with Gasteiger partial charge in [-0.05, 0) is 24.5 Å². The quantitative estimate of drug-likeness (QED) is 0.449. The number of nitrogens with zero attached hydrogens (tertiary/aromatic N) is 3. The van der Waals surface area contributed by atoms with E-state index in [4.69, 9.17) is 0 Å². The van der Waals surface area contributed by atoms with Gasteiger partial charge in [0.1, 0.15) is 0 Å². The van der Waals surface area contributed by atoms with Crippen LogP contribution < -0.4 is 0 Å². The molecule has 2 heterocycles. The molecular weight excluding hydrogens is 246 g/mol. The van der Waals surface area contributed by atoms with E-state index in [1.54, 1.807) is 18.0 Å². The monoisotopic (exact) mass is 259 g/mol. The average molecular weight is 259 g/mol. The van der Waals surface area contributed by atoms with Crippen LogP contribution in [0.3, 0.4) is 0 Å². The largest absolute Gasteiger partial charge is 0.623 e. The molecule has 0 bridgehead atoms. The molecule has 0 fully saturated rings. The molecule has 1 aliphatic heterocycles. The second kappa shape index (κ2) is 4.17. The molecule has 4 nitrogen and oxygen atoms in total. The zero-order valence-electron chi connectivity index (χ0n) is 10.3. The number of hydrogen-bond donors (Lipinski definition) is 0. The van der Waals surface area contributed by atoms with Crippen LogP contribution in [-0.4, -0.2) is 26.3 Å². The molecule has 5 heteroatoms. The average Bonchev–Trinajstić information content (AvgIpc) is 2.81. The van der Waals surface area contributed by atoms with Crippen LogP contribution >= 0.6 is 11.8 Å². The van der Waals surface area contributed by atoms with E-state index in [2.05, 4.69) is 23.2 Å². The van der Waals surface area contributed by atoms with Gasteiger partial charge in [-0.3, -0.25) is 4.57 Å². The topological polar surface area (TPSA) is 43.9 Å². The molecule has 3 rings (SSSR count). The number of hydroxylamine groups is 1. The summed E-state index contributed by atoms with van der Waals surface area (Å²) in [5.41, 5.74) is 2.75. The van der Waals surface area contributed by atoms with Crippen molar-refractivity contribution in [1.82, 2.24) is 9.55 Å². The summed E-state index contributed by atoms with van der Waals surface area (Å²) in [6, 6.07) is 6.19. The van der Waals surface area contributed by atoms with Crippen molar-refractivity contribution in [3.63, 3.8) is 0 Å². The molecule has 1 aromatic carbocycles. The molecule has 92 valence electrons. The van der Waals surface area contributed by atoms with E-state index < -0.39 is 0 Å². The highest BCUT2D eigenvalue weighted by Crippen LogP contribution is 2.25. The lowest BCUT2D eigenvalue weighted by Crippen LogP contribution is -2.12.